The first-order chi connectivity index (χ1) is 12.5. The first-order valence-electron chi connectivity index (χ1n) is 7.55. The Morgan fingerprint density at radius 1 is 1.04 bits per heavy atom. The first kappa shape index (κ1) is 19.3. The van der Waals surface area contributed by atoms with E-state index in [1.165, 1.54) is 24.3 Å². The molecule has 9 heteroatoms. The van der Waals surface area contributed by atoms with Gasteiger partial charge < -0.3 is 14.2 Å². The molecule has 0 saturated carbocycles. The second kappa shape index (κ2) is 9.49. The zero-order valence-corrected chi connectivity index (χ0v) is 13.8. The number of para-hydroxylation sites is 1. The molecule has 0 unspecified atom stereocenters. The number of rotatable bonds is 7. The third kappa shape index (κ3) is 5.83. The van der Waals surface area contributed by atoms with E-state index in [2.05, 4.69) is 9.57 Å². The van der Waals surface area contributed by atoms with Crippen LogP contribution >= 0.6 is 0 Å². The average molecular weight is 363 g/mol. The quantitative estimate of drug-likeness (QED) is 0.331. The van der Waals surface area contributed by atoms with E-state index in [1.54, 1.807) is 31.2 Å². The number of carbonyl (C=O) groups excluding carboxylic acids is 2. The van der Waals surface area contributed by atoms with E-state index in [1.807, 2.05) is 0 Å². The van der Waals surface area contributed by atoms with Gasteiger partial charge in [-0.25, -0.2) is 14.4 Å². The van der Waals surface area contributed by atoms with E-state index >= 15 is 0 Å². The minimum absolute atomic E-state index is 0.00615. The topological polar surface area (TPSA) is 115 Å². The van der Waals surface area contributed by atoms with Gasteiger partial charge in [0.15, 0.2) is 0 Å². The fraction of sp³-hybridized carbons (Fsp3) is 0.176. The van der Waals surface area contributed by atoms with Crippen LogP contribution in [0.5, 0.6) is 11.5 Å². The highest BCUT2D eigenvalue weighted by atomic mass is 17.1. The van der Waals surface area contributed by atoms with Crippen LogP contribution < -0.4 is 9.47 Å². The van der Waals surface area contributed by atoms with E-state index in [0.29, 0.717) is 5.56 Å². The van der Waals surface area contributed by atoms with Gasteiger partial charge in [-0.3, -0.25) is 10.4 Å². The van der Waals surface area contributed by atoms with Crippen molar-refractivity contribution in [2.24, 2.45) is 0 Å². The Balaban J connectivity index is 2.10. The molecule has 0 aliphatic rings. The molecule has 2 aromatic rings. The van der Waals surface area contributed by atoms with Crippen LogP contribution in [0.4, 0.5) is 4.79 Å². The van der Waals surface area contributed by atoms with Gasteiger partial charge in [0, 0.05) is 0 Å². The number of hydrogen-bond donors (Lipinski definition) is 2. The number of carbonyl (C=O) groups is 2. The molecule has 26 heavy (non-hydrogen) atoms. The number of esters is 1. The zero-order chi connectivity index (χ0) is 18.9. The molecule has 0 atom stereocenters. The molecule has 0 heterocycles. The molecule has 0 bridgehead atoms. The fourth-order valence-corrected chi connectivity index (χ4v) is 1.95. The number of nitrogens with zero attached hydrogens (tertiary/aromatic N) is 1. The minimum atomic E-state index is -0.926. The third-order valence-electron chi connectivity index (χ3n) is 3.02. The van der Waals surface area contributed by atoms with Crippen molar-refractivity contribution in [3.63, 3.8) is 0 Å². The van der Waals surface area contributed by atoms with Crippen molar-refractivity contribution in [1.82, 2.24) is 5.39 Å². The van der Waals surface area contributed by atoms with Crippen LogP contribution in [0.25, 0.3) is 0 Å². The van der Waals surface area contributed by atoms with Crippen LogP contribution in [-0.4, -0.2) is 34.5 Å². The molecule has 0 spiro atoms. The molecule has 0 aliphatic heterocycles. The standard InChI is InChI=1S/C17H17NO8/c1-2-23-17(20)26-15-9-4-3-8-14(15)16(19)25-13-7-5-6-12(10-13)11-24-18(21)22/h3-10,21-22H,2,11H2,1H3. The third-order valence-corrected chi connectivity index (χ3v) is 3.02. The monoisotopic (exact) mass is 363 g/mol. The molecular formula is C17H17NO8. The SMILES string of the molecule is CCOC(=O)Oc1ccccc1C(=O)Oc1cccc(CON(O)O)c1. The molecule has 2 aromatic carbocycles. The Labute approximate surface area is 148 Å². The Hall–Kier alpha value is -2.98. The average Bonchev–Trinajstić information content (AvgIpc) is 2.61. The Morgan fingerprint density at radius 3 is 2.54 bits per heavy atom. The van der Waals surface area contributed by atoms with Gasteiger partial charge >= 0.3 is 12.1 Å². The lowest BCUT2D eigenvalue weighted by molar-refractivity contribution is -0.497. The van der Waals surface area contributed by atoms with E-state index < -0.39 is 17.5 Å². The van der Waals surface area contributed by atoms with Crippen molar-refractivity contribution < 1.29 is 39.1 Å². The van der Waals surface area contributed by atoms with Gasteiger partial charge in [-0.05, 0) is 36.8 Å². The second-order valence-electron chi connectivity index (χ2n) is 4.84. The summed E-state index contributed by atoms with van der Waals surface area (Å²) in [5.41, 5.74) is 0.568. The maximum Gasteiger partial charge on any atom is 0.513 e. The summed E-state index contributed by atoms with van der Waals surface area (Å²) in [6.07, 6.45) is -0.926. The highest BCUT2D eigenvalue weighted by Crippen LogP contribution is 2.22. The van der Waals surface area contributed by atoms with Gasteiger partial charge in [0.2, 0.25) is 0 Å². The van der Waals surface area contributed by atoms with Crippen molar-refractivity contribution in [3.8, 4) is 11.5 Å². The van der Waals surface area contributed by atoms with Crippen LogP contribution in [0.15, 0.2) is 48.5 Å². The summed E-state index contributed by atoms with van der Waals surface area (Å²) in [4.78, 5) is 28.3. The van der Waals surface area contributed by atoms with Crippen LogP contribution in [0.1, 0.15) is 22.8 Å². The van der Waals surface area contributed by atoms with Crippen LogP contribution in [-0.2, 0) is 16.2 Å². The Bertz CT molecular complexity index is 762. The van der Waals surface area contributed by atoms with Crippen molar-refractivity contribution in [2.45, 2.75) is 13.5 Å². The zero-order valence-electron chi connectivity index (χ0n) is 13.8. The van der Waals surface area contributed by atoms with Crippen molar-refractivity contribution in [3.05, 3.63) is 59.7 Å². The molecule has 0 radical (unpaired) electrons. The molecule has 9 nitrogen and oxygen atoms in total. The maximum atomic E-state index is 12.4. The largest absolute Gasteiger partial charge is 0.513 e. The molecule has 0 fully saturated rings. The Kier molecular flexibility index (Phi) is 7.06. The minimum Gasteiger partial charge on any atom is -0.434 e. The summed E-state index contributed by atoms with van der Waals surface area (Å²) in [5.74, 6) is -0.537. The maximum absolute atomic E-state index is 12.4. The van der Waals surface area contributed by atoms with Crippen molar-refractivity contribution in [2.75, 3.05) is 6.61 Å². The summed E-state index contributed by atoms with van der Waals surface area (Å²) in [5, 5.41) is 16.7. The summed E-state index contributed by atoms with van der Waals surface area (Å²) < 4.78 is 14.9. The van der Waals surface area contributed by atoms with Crippen molar-refractivity contribution >= 4 is 12.1 Å². The van der Waals surface area contributed by atoms with Gasteiger partial charge in [0.1, 0.15) is 17.1 Å². The molecule has 0 amide bonds. The smallest absolute Gasteiger partial charge is 0.434 e. The molecule has 0 aromatic heterocycles. The van der Waals surface area contributed by atoms with Crippen molar-refractivity contribution in [1.29, 1.82) is 0 Å². The molecular weight excluding hydrogens is 346 g/mol. The lowest BCUT2D eigenvalue weighted by Crippen LogP contribution is -2.15. The number of benzene rings is 2. The van der Waals surface area contributed by atoms with E-state index in [9.17, 15) is 9.59 Å². The van der Waals surface area contributed by atoms with Crippen LogP contribution in [0.2, 0.25) is 0 Å². The first-order valence-corrected chi connectivity index (χ1v) is 7.55. The molecule has 2 rings (SSSR count). The molecule has 138 valence electrons. The number of ether oxygens (including phenoxy) is 3. The van der Waals surface area contributed by atoms with Crippen LogP contribution in [0.3, 0.4) is 0 Å². The molecule has 0 saturated heterocycles. The van der Waals surface area contributed by atoms with Gasteiger partial charge in [-0.15, -0.1) is 0 Å². The highest BCUT2D eigenvalue weighted by Gasteiger charge is 2.17. The predicted molar refractivity (Wildman–Crippen MR) is 85.7 cm³/mol. The second-order valence-corrected chi connectivity index (χ2v) is 4.84. The molecule has 0 aliphatic carbocycles. The van der Waals surface area contributed by atoms with E-state index in [-0.39, 0.29) is 30.3 Å². The molecule has 2 N–H and O–H groups in total. The van der Waals surface area contributed by atoms with E-state index in [4.69, 9.17) is 19.9 Å². The van der Waals surface area contributed by atoms with E-state index in [0.717, 1.165) is 0 Å². The summed E-state index contributed by atoms with van der Waals surface area (Å²) in [7, 11) is 0. The highest BCUT2D eigenvalue weighted by molar-refractivity contribution is 5.94. The lowest BCUT2D eigenvalue weighted by atomic mass is 10.2. The van der Waals surface area contributed by atoms with Gasteiger partial charge in [-0.2, -0.15) is 0 Å². The predicted octanol–water partition coefficient (Wildman–Crippen LogP) is 2.95. The lowest BCUT2D eigenvalue weighted by Gasteiger charge is -2.10. The Morgan fingerprint density at radius 2 is 1.81 bits per heavy atom. The fourth-order valence-electron chi connectivity index (χ4n) is 1.95. The summed E-state index contributed by atoms with van der Waals surface area (Å²) in [6.45, 7) is 1.62. The summed E-state index contributed by atoms with van der Waals surface area (Å²) in [6, 6.07) is 12.3. The van der Waals surface area contributed by atoms with Gasteiger partial charge in [0.25, 0.3) is 0 Å². The normalized spacial score (nSPS) is 10.5. The van der Waals surface area contributed by atoms with Gasteiger partial charge in [0.05, 0.1) is 18.6 Å². The van der Waals surface area contributed by atoms with Crippen LogP contribution in [0, 0.1) is 0 Å². The number of hydrogen-bond acceptors (Lipinski definition) is 9. The summed E-state index contributed by atoms with van der Waals surface area (Å²) >= 11 is 0. The van der Waals surface area contributed by atoms with Gasteiger partial charge in [-0.1, -0.05) is 24.3 Å².